The van der Waals surface area contributed by atoms with Crippen LogP contribution in [0.15, 0.2) is 54.6 Å². The highest BCUT2D eigenvalue weighted by atomic mass is 16.5. The smallest absolute Gasteiger partial charge is 0.262 e. The maximum Gasteiger partial charge on any atom is 0.262 e. The molecule has 7 nitrogen and oxygen atoms in total. The molecule has 2 heterocycles. The molecule has 1 aliphatic rings. The van der Waals surface area contributed by atoms with E-state index in [9.17, 15) is 9.59 Å². The molecule has 0 saturated carbocycles. The molecule has 0 bridgehead atoms. The Bertz CT molecular complexity index is 1110. The Kier molecular flexibility index (Phi) is 5.93. The van der Waals surface area contributed by atoms with Crippen molar-refractivity contribution in [3.63, 3.8) is 0 Å². The van der Waals surface area contributed by atoms with Crippen molar-refractivity contribution in [2.24, 2.45) is 0 Å². The summed E-state index contributed by atoms with van der Waals surface area (Å²) in [6.07, 6.45) is 0.939. The average molecular weight is 416 g/mol. The van der Waals surface area contributed by atoms with Gasteiger partial charge in [0, 0.05) is 36.1 Å². The number of hydrogen-bond donors (Lipinski definition) is 1. The molecule has 7 heteroatoms. The van der Waals surface area contributed by atoms with Gasteiger partial charge in [-0.05, 0) is 55.7 Å². The molecule has 0 fully saturated rings. The summed E-state index contributed by atoms with van der Waals surface area (Å²) in [6, 6.07) is 16.8. The number of carbonyl (C=O) groups excluding carboxylic acids is 2. The number of Topliss-reactive ketones (excluding diaryl/α,β-unsaturated/α-hetero) is 1. The van der Waals surface area contributed by atoms with E-state index in [0.717, 1.165) is 25.2 Å². The Morgan fingerprint density at radius 3 is 2.55 bits per heavy atom. The highest BCUT2D eigenvalue weighted by Gasteiger charge is 2.19. The number of benzene rings is 2. The predicted molar refractivity (Wildman–Crippen MR) is 119 cm³/mol. The minimum atomic E-state index is -0.305. The lowest BCUT2D eigenvalue weighted by Gasteiger charge is -2.29. The summed E-state index contributed by atoms with van der Waals surface area (Å²) in [5.41, 5.74) is 4.61. The molecule has 0 atom stereocenters. The number of anilines is 2. The Balaban J connectivity index is 1.38. The fraction of sp³-hybridized carbons (Fsp3) is 0.250. The molecule has 1 N–H and O–H groups in total. The van der Waals surface area contributed by atoms with E-state index in [1.165, 1.54) is 18.1 Å². The second-order valence-electron chi connectivity index (χ2n) is 7.56. The topological polar surface area (TPSA) is 84.4 Å². The van der Waals surface area contributed by atoms with Crippen LogP contribution in [0.2, 0.25) is 0 Å². The van der Waals surface area contributed by atoms with Crippen molar-refractivity contribution in [2.45, 2.75) is 26.8 Å². The lowest BCUT2D eigenvalue weighted by Crippen LogP contribution is -2.32. The number of ketones is 1. The third kappa shape index (κ3) is 5.06. The number of nitrogens with one attached hydrogen (secondary N) is 1. The molecule has 0 unspecified atom stereocenters. The Hall–Kier alpha value is -3.74. The third-order valence-electron chi connectivity index (χ3n) is 5.16. The van der Waals surface area contributed by atoms with Gasteiger partial charge < -0.3 is 15.0 Å². The first kappa shape index (κ1) is 20.5. The first-order valence-corrected chi connectivity index (χ1v) is 10.2. The molecule has 0 aliphatic carbocycles. The monoisotopic (exact) mass is 416 g/mol. The molecule has 3 aromatic rings. The van der Waals surface area contributed by atoms with E-state index in [1.807, 2.05) is 13.0 Å². The molecular formula is C24H24N4O3. The summed E-state index contributed by atoms with van der Waals surface area (Å²) in [5, 5.41) is 2.75. The zero-order chi connectivity index (χ0) is 21.8. The number of ether oxygens (including phenoxy) is 1. The van der Waals surface area contributed by atoms with Gasteiger partial charge in [-0.3, -0.25) is 9.59 Å². The van der Waals surface area contributed by atoms with Gasteiger partial charge in [0.2, 0.25) is 11.8 Å². The molecule has 1 aliphatic heterocycles. The van der Waals surface area contributed by atoms with Crippen LogP contribution in [0, 0.1) is 6.92 Å². The molecule has 31 heavy (non-hydrogen) atoms. The van der Waals surface area contributed by atoms with Crippen molar-refractivity contribution in [3.05, 3.63) is 77.0 Å². The van der Waals surface area contributed by atoms with Gasteiger partial charge in [-0.25, -0.2) is 4.98 Å². The molecule has 0 radical (unpaired) electrons. The van der Waals surface area contributed by atoms with Crippen molar-refractivity contribution >= 4 is 23.3 Å². The number of nitrogens with zero attached hydrogens (tertiary/aromatic N) is 3. The van der Waals surface area contributed by atoms with Crippen LogP contribution in [0.4, 0.5) is 11.6 Å². The van der Waals surface area contributed by atoms with Crippen LogP contribution in [0.1, 0.15) is 34.1 Å². The van der Waals surface area contributed by atoms with E-state index < -0.39 is 0 Å². The largest absolute Gasteiger partial charge is 0.467 e. The van der Waals surface area contributed by atoms with Gasteiger partial charge in [0.25, 0.3) is 5.91 Å². The SMILES string of the molecule is CC(=O)c1ccc(NC(=O)COc2cc(C)nc(N3CCc4ccccc4C3)n2)cc1. The van der Waals surface area contributed by atoms with Crippen LogP contribution in [0.5, 0.6) is 5.88 Å². The molecule has 4 rings (SSSR count). The van der Waals surface area contributed by atoms with Crippen molar-refractivity contribution in [1.82, 2.24) is 9.97 Å². The summed E-state index contributed by atoms with van der Waals surface area (Å²) in [6.45, 7) is 4.79. The van der Waals surface area contributed by atoms with Crippen molar-refractivity contribution in [2.75, 3.05) is 23.4 Å². The highest BCUT2D eigenvalue weighted by molar-refractivity contribution is 5.95. The van der Waals surface area contributed by atoms with Crippen molar-refractivity contribution in [3.8, 4) is 5.88 Å². The lowest BCUT2D eigenvalue weighted by atomic mass is 10.0. The summed E-state index contributed by atoms with van der Waals surface area (Å²) in [7, 11) is 0. The minimum absolute atomic E-state index is 0.0201. The number of aromatic nitrogens is 2. The van der Waals surface area contributed by atoms with Gasteiger partial charge in [-0.2, -0.15) is 4.98 Å². The molecular weight excluding hydrogens is 392 g/mol. The van der Waals surface area contributed by atoms with Crippen LogP contribution in [0.25, 0.3) is 0 Å². The van der Waals surface area contributed by atoms with E-state index >= 15 is 0 Å². The normalized spacial score (nSPS) is 12.8. The fourth-order valence-electron chi connectivity index (χ4n) is 3.53. The maximum atomic E-state index is 12.3. The minimum Gasteiger partial charge on any atom is -0.467 e. The number of hydrogen-bond acceptors (Lipinski definition) is 6. The first-order valence-electron chi connectivity index (χ1n) is 10.2. The van der Waals surface area contributed by atoms with Crippen LogP contribution in [-0.2, 0) is 17.8 Å². The molecule has 158 valence electrons. The van der Waals surface area contributed by atoms with Gasteiger partial charge in [0.15, 0.2) is 12.4 Å². The van der Waals surface area contributed by atoms with E-state index in [2.05, 4.69) is 38.4 Å². The number of amides is 1. The fourth-order valence-corrected chi connectivity index (χ4v) is 3.53. The van der Waals surface area contributed by atoms with Crippen LogP contribution in [-0.4, -0.2) is 34.8 Å². The Morgan fingerprint density at radius 1 is 1.06 bits per heavy atom. The van der Waals surface area contributed by atoms with E-state index in [4.69, 9.17) is 4.74 Å². The molecule has 0 spiro atoms. The highest BCUT2D eigenvalue weighted by Crippen LogP contribution is 2.23. The summed E-state index contributed by atoms with van der Waals surface area (Å²) in [4.78, 5) is 34.8. The molecule has 1 amide bonds. The van der Waals surface area contributed by atoms with Crippen LogP contribution in [0.3, 0.4) is 0 Å². The summed E-state index contributed by atoms with van der Waals surface area (Å²) >= 11 is 0. The second kappa shape index (κ2) is 8.95. The number of aryl methyl sites for hydroxylation is 1. The predicted octanol–water partition coefficient (Wildman–Crippen LogP) is 3.57. The van der Waals surface area contributed by atoms with E-state index in [0.29, 0.717) is 23.1 Å². The van der Waals surface area contributed by atoms with E-state index in [-0.39, 0.29) is 18.3 Å². The lowest BCUT2D eigenvalue weighted by molar-refractivity contribution is -0.118. The zero-order valence-corrected chi connectivity index (χ0v) is 17.6. The Labute approximate surface area is 181 Å². The Morgan fingerprint density at radius 2 is 1.81 bits per heavy atom. The summed E-state index contributed by atoms with van der Waals surface area (Å²) in [5.74, 6) is 0.641. The van der Waals surface area contributed by atoms with Gasteiger partial charge >= 0.3 is 0 Å². The quantitative estimate of drug-likeness (QED) is 0.619. The first-order chi connectivity index (χ1) is 15.0. The number of carbonyl (C=O) groups is 2. The maximum absolute atomic E-state index is 12.3. The van der Waals surface area contributed by atoms with Crippen molar-refractivity contribution < 1.29 is 14.3 Å². The number of rotatable bonds is 6. The average Bonchev–Trinajstić information content (AvgIpc) is 2.77. The third-order valence-corrected chi connectivity index (χ3v) is 5.16. The summed E-state index contributed by atoms with van der Waals surface area (Å²) < 4.78 is 5.64. The van der Waals surface area contributed by atoms with Crippen molar-refractivity contribution in [1.29, 1.82) is 0 Å². The zero-order valence-electron chi connectivity index (χ0n) is 17.6. The van der Waals surface area contributed by atoms with Crippen LogP contribution < -0.4 is 15.0 Å². The van der Waals surface area contributed by atoms with Crippen LogP contribution >= 0.6 is 0 Å². The van der Waals surface area contributed by atoms with Gasteiger partial charge in [0.1, 0.15) is 0 Å². The second-order valence-corrected chi connectivity index (χ2v) is 7.56. The number of fused-ring (bicyclic) bond motifs is 1. The molecule has 1 aromatic heterocycles. The van der Waals surface area contributed by atoms with Gasteiger partial charge in [-0.15, -0.1) is 0 Å². The van der Waals surface area contributed by atoms with E-state index in [1.54, 1.807) is 30.3 Å². The molecule has 2 aromatic carbocycles. The van der Waals surface area contributed by atoms with Gasteiger partial charge in [0.05, 0.1) is 0 Å². The standard InChI is InChI=1S/C24H24N4O3/c1-16-13-23(31-15-22(30)26-21-9-7-18(8-10-21)17(2)29)27-24(25-16)28-12-11-19-5-3-4-6-20(19)14-28/h3-10,13H,11-12,14-15H2,1-2H3,(H,26,30). The molecule has 0 saturated heterocycles. The van der Waals surface area contributed by atoms with Gasteiger partial charge in [-0.1, -0.05) is 24.3 Å².